The fraction of sp³-hybridized carbons (Fsp3) is 0.367. The van der Waals surface area contributed by atoms with Crippen molar-refractivity contribution >= 4 is 45.9 Å². The molecule has 2 amide bonds. The molecule has 0 aliphatic heterocycles. The molecule has 3 heterocycles. The van der Waals surface area contributed by atoms with Gasteiger partial charge < -0.3 is 19.8 Å². The van der Waals surface area contributed by atoms with E-state index in [9.17, 15) is 14.4 Å². The molecule has 0 spiro atoms. The van der Waals surface area contributed by atoms with Gasteiger partial charge in [0.15, 0.2) is 16.7 Å². The number of aryl methyl sites for hydroxylation is 2. The second-order valence-corrected chi connectivity index (χ2v) is 12.4. The van der Waals surface area contributed by atoms with Crippen molar-refractivity contribution in [3.05, 3.63) is 75.3 Å². The number of ether oxygens (including phenoxy) is 1. The highest BCUT2D eigenvalue weighted by atomic mass is 32.2. The molecule has 0 unspecified atom stereocenters. The maximum absolute atomic E-state index is 13.5. The minimum absolute atomic E-state index is 0.102. The highest BCUT2D eigenvalue weighted by molar-refractivity contribution is 8.00. The largest absolute Gasteiger partial charge is 0.462 e. The highest BCUT2D eigenvalue weighted by Crippen LogP contribution is 2.39. The van der Waals surface area contributed by atoms with Gasteiger partial charge in [0.1, 0.15) is 5.00 Å². The van der Waals surface area contributed by atoms with E-state index in [0.717, 1.165) is 52.9 Å². The van der Waals surface area contributed by atoms with Crippen LogP contribution in [-0.4, -0.2) is 44.4 Å². The average molecular weight is 608 g/mol. The molecule has 0 bridgehead atoms. The first-order valence-corrected chi connectivity index (χ1v) is 15.6. The number of carbonyl (C=O) groups is 3. The SMILES string of the molecule is CCOC(=O)c1c(NC(=O)[C@H](C)Sc2nnc(CNC(=O)c3ccco3)n2-c2cccc(C)c2C)sc2c1CCCC2. The van der Waals surface area contributed by atoms with Crippen molar-refractivity contribution in [2.75, 3.05) is 11.9 Å². The lowest BCUT2D eigenvalue weighted by Crippen LogP contribution is -2.25. The smallest absolute Gasteiger partial charge is 0.341 e. The van der Waals surface area contributed by atoms with E-state index < -0.39 is 11.2 Å². The van der Waals surface area contributed by atoms with Crippen LogP contribution in [0.15, 0.2) is 46.2 Å². The Hall–Kier alpha value is -3.90. The van der Waals surface area contributed by atoms with Crippen LogP contribution in [0.4, 0.5) is 5.00 Å². The summed E-state index contributed by atoms with van der Waals surface area (Å²) in [6, 6.07) is 9.16. The van der Waals surface area contributed by atoms with Gasteiger partial charge in [-0.2, -0.15) is 0 Å². The zero-order valence-corrected chi connectivity index (χ0v) is 25.6. The molecule has 0 fully saturated rings. The summed E-state index contributed by atoms with van der Waals surface area (Å²) < 4.78 is 12.4. The molecule has 2 N–H and O–H groups in total. The second kappa shape index (κ2) is 13.0. The number of nitrogens with zero attached hydrogens (tertiary/aromatic N) is 3. The molecule has 1 aliphatic rings. The molecular formula is C30H33N5O5S2. The van der Waals surface area contributed by atoms with Crippen molar-refractivity contribution in [1.29, 1.82) is 0 Å². The predicted octanol–water partition coefficient (Wildman–Crippen LogP) is 5.64. The lowest BCUT2D eigenvalue weighted by atomic mass is 9.95. The number of rotatable bonds is 10. The van der Waals surface area contributed by atoms with E-state index in [1.54, 1.807) is 26.0 Å². The van der Waals surface area contributed by atoms with Gasteiger partial charge in [0, 0.05) is 4.88 Å². The van der Waals surface area contributed by atoms with Gasteiger partial charge in [0.2, 0.25) is 5.91 Å². The van der Waals surface area contributed by atoms with Gasteiger partial charge in [-0.15, -0.1) is 21.5 Å². The van der Waals surface area contributed by atoms with Crippen LogP contribution >= 0.6 is 23.1 Å². The first kappa shape index (κ1) is 29.6. The summed E-state index contributed by atoms with van der Waals surface area (Å²) in [4.78, 5) is 40.0. The van der Waals surface area contributed by atoms with Crippen molar-refractivity contribution in [1.82, 2.24) is 20.1 Å². The Morgan fingerprint density at radius 3 is 2.71 bits per heavy atom. The molecule has 3 aromatic heterocycles. The Morgan fingerprint density at radius 2 is 1.95 bits per heavy atom. The Balaban J connectivity index is 1.40. The molecule has 5 rings (SSSR count). The molecule has 0 saturated heterocycles. The zero-order chi connectivity index (χ0) is 29.8. The summed E-state index contributed by atoms with van der Waals surface area (Å²) >= 11 is 2.71. The summed E-state index contributed by atoms with van der Waals surface area (Å²) in [7, 11) is 0. The number of fused-ring (bicyclic) bond motifs is 1. The number of furan rings is 1. The standard InChI is InChI=1S/C30H33N5O5S2/c1-5-39-29(38)25-20-11-6-7-14-23(20)42-28(25)32-26(36)19(4)41-30-34-33-24(16-31-27(37)22-13-9-15-40-22)35(30)21-12-8-10-17(2)18(21)3/h8-10,12-13,15,19H,5-7,11,14,16H2,1-4H3,(H,31,37)(H,32,36)/t19-/m0/s1. The van der Waals surface area contributed by atoms with Gasteiger partial charge in [-0.1, -0.05) is 23.9 Å². The van der Waals surface area contributed by atoms with E-state index >= 15 is 0 Å². The summed E-state index contributed by atoms with van der Waals surface area (Å²) in [5.74, 6) is -0.316. The lowest BCUT2D eigenvalue weighted by Gasteiger charge is -2.16. The van der Waals surface area contributed by atoms with E-state index in [1.165, 1.54) is 29.4 Å². The van der Waals surface area contributed by atoms with Gasteiger partial charge in [0.05, 0.1) is 35.9 Å². The maximum Gasteiger partial charge on any atom is 0.341 e. The highest BCUT2D eigenvalue weighted by Gasteiger charge is 2.29. The molecule has 1 aromatic carbocycles. The number of amides is 2. The van der Waals surface area contributed by atoms with E-state index in [0.29, 0.717) is 21.5 Å². The van der Waals surface area contributed by atoms with Crippen LogP contribution in [0.1, 0.15) is 75.0 Å². The number of thiophene rings is 1. The average Bonchev–Trinajstić information content (AvgIpc) is 3.72. The van der Waals surface area contributed by atoms with Gasteiger partial charge in [-0.05, 0) is 88.3 Å². The number of aromatic nitrogens is 3. The minimum atomic E-state index is -0.571. The molecule has 1 aliphatic carbocycles. The molecule has 0 radical (unpaired) electrons. The second-order valence-electron chi connectivity index (χ2n) is 10.00. The van der Waals surface area contributed by atoms with Crippen LogP contribution in [-0.2, 0) is 28.9 Å². The summed E-state index contributed by atoms with van der Waals surface area (Å²) in [5.41, 5.74) is 4.44. The Morgan fingerprint density at radius 1 is 1.14 bits per heavy atom. The number of carbonyl (C=O) groups excluding carboxylic acids is 3. The molecule has 0 saturated carbocycles. The van der Waals surface area contributed by atoms with Gasteiger partial charge >= 0.3 is 5.97 Å². The fourth-order valence-corrected chi connectivity index (χ4v) is 7.02. The van der Waals surface area contributed by atoms with Crippen molar-refractivity contribution in [2.24, 2.45) is 0 Å². The number of hydrogen-bond acceptors (Lipinski definition) is 9. The van der Waals surface area contributed by atoms with Crippen LogP contribution in [0.25, 0.3) is 5.69 Å². The third-order valence-electron chi connectivity index (χ3n) is 7.21. The molecule has 220 valence electrons. The van der Waals surface area contributed by atoms with Crippen molar-refractivity contribution in [3.63, 3.8) is 0 Å². The number of benzene rings is 1. The van der Waals surface area contributed by atoms with Gasteiger partial charge in [-0.25, -0.2) is 4.79 Å². The predicted molar refractivity (Wildman–Crippen MR) is 162 cm³/mol. The Kier molecular flexibility index (Phi) is 9.12. The van der Waals surface area contributed by atoms with Crippen LogP contribution in [0.5, 0.6) is 0 Å². The topological polar surface area (TPSA) is 128 Å². The number of thioether (sulfide) groups is 1. The van der Waals surface area contributed by atoms with Crippen LogP contribution < -0.4 is 10.6 Å². The number of esters is 1. The summed E-state index contributed by atoms with van der Waals surface area (Å²) in [6.45, 7) is 7.96. The third-order valence-corrected chi connectivity index (χ3v) is 9.46. The zero-order valence-electron chi connectivity index (χ0n) is 24.0. The number of hydrogen-bond donors (Lipinski definition) is 2. The van der Waals surface area contributed by atoms with Gasteiger partial charge in [-0.3, -0.25) is 14.2 Å². The summed E-state index contributed by atoms with van der Waals surface area (Å²) in [6.07, 6.45) is 5.21. The first-order chi connectivity index (χ1) is 20.3. The molecule has 42 heavy (non-hydrogen) atoms. The van der Waals surface area contributed by atoms with E-state index in [2.05, 4.69) is 20.8 Å². The molecule has 4 aromatic rings. The Labute approximate surface area is 252 Å². The summed E-state index contributed by atoms with van der Waals surface area (Å²) in [5, 5.41) is 15.1. The first-order valence-electron chi connectivity index (χ1n) is 13.9. The van der Waals surface area contributed by atoms with E-state index in [4.69, 9.17) is 9.15 Å². The van der Waals surface area contributed by atoms with Gasteiger partial charge in [0.25, 0.3) is 5.91 Å². The van der Waals surface area contributed by atoms with Crippen molar-refractivity contribution < 1.29 is 23.5 Å². The van der Waals surface area contributed by atoms with Crippen LogP contribution in [0.3, 0.4) is 0 Å². The number of anilines is 1. The van der Waals surface area contributed by atoms with E-state index in [-0.39, 0.29) is 30.7 Å². The van der Waals surface area contributed by atoms with E-state index in [1.807, 2.05) is 36.6 Å². The normalized spacial score (nSPS) is 13.3. The third kappa shape index (κ3) is 6.14. The monoisotopic (exact) mass is 607 g/mol. The number of nitrogens with one attached hydrogen (secondary N) is 2. The Bertz CT molecular complexity index is 1610. The minimum Gasteiger partial charge on any atom is -0.462 e. The van der Waals surface area contributed by atoms with Crippen molar-refractivity contribution in [2.45, 2.75) is 70.3 Å². The maximum atomic E-state index is 13.5. The van der Waals surface area contributed by atoms with Crippen molar-refractivity contribution in [3.8, 4) is 5.69 Å². The molecule has 10 nitrogen and oxygen atoms in total. The molecule has 1 atom stereocenters. The molecular weight excluding hydrogens is 574 g/mol. The van der Waals surface area contributed by atoms with Crippen LogP contribution in [0.2, 0.25) is 0 Å². The molecule has 12 heteroatoms. The fourth-order valence-electron chi connectivity index (χ4n) is 4.86. The quantitative estimate of drug-likeness (QED) is 0.175. The lowest BCUT2D eigenvalue weighted by molar-refractivity contribution is -0.115. The van der Waals surface area contributed by atoms with Crippen LogP contribution in [0, 0.1) is 13.8 Å².